The molecule has 16 heavy (non-hydrogen) atoms. The first kappa shape index (κ1) is 12.0. The molecule has 0 bridgehead atoms. The highest BCUT2D eigenvalue weighted by atomic mass is 32.1. The van der Waals surface area contributed by atoms with E-state index in [2.05, 4.69) is 22.1 Å². The lowest BCUT2D eigenvalue weighted by Crippen LogP contribution is -2.41. The van der Waals surface area contributed by atoms with Crippen LogP contribution in [0.4, 0.5) is 0 Å². The van der Waals surface area contributed by atoms with E-state index in [1.165, 1.54) is 43.8 Å². The standard InChI is InChI=1S/C12H21N3S/c1-11(9-15-5-3-2-4-6-15)14-8-12-7-13-10-16-12/h7,10-11,14H,2-6,8-9H2,1H3. The van der Waals surface area contributed by atoms with Crippen molar-refractivity contribution in [3.05, 3.63) is 16.6 Å². The number of aromatic nitrogens is 1. The van der Waals surface area contributed by atoms with Crippen LogP contribution in [0.1, 0.15) is 31.1 Å². The minimum atomic E-state index is 0.570. The number of nitrogens with one attached hydrogen (secondary N) is 1. The van der Waals surface area contributed by atoms with Crippen LogP contribution in [0, 0.1) is 0 Å². The summed E-state index contributed by atoms with van der Waals surface area (Å²) in [6.07, 6.45) is 6.12. The third-order valence-corrected chi connectivity index (χ3v) is 3.87. The third-order valence-electron chi connectivity index (χ3n) is 3.09. The van der Waals surface area contributed by atoms with Gasteiger partial charge in [0.05, 0.1) is 5.51 Å². The monoisotopic (exact) mass is 239 g/mol. The zero-order valence-corrected chi connectivity index (χ0v) is 10.8. The van der Waals surface area contributed by atoms with Crippen LogP contribution in [0.25, 0.3) is 0 Å². The zero-order valence-electron chi connectivity index (χ0n) is 9.98. The fourth-order valence-electron chi connectivity index (χ4n) is 2.20. The maximum atomic E-state index is 4.08. The fourth-order valence-corrected chi connectivity index (χ4v) is 2.74. The van der Waals surface area contributed by atoms with Crippen molar-refractivity contribution >= 4 is 11.3 Å². The second-order valence-corrected chi connectivity index (χ2v) is 5.58. The Morgan fingerprint density at radius 2 is 2.25 bits per heavy atom. The Bertz CT molecular complexity index is 280. The topological polar surface area (TPSA) is 28.2 Å². The predicted octanol–water partition coefficient (Wildman–Crippen LogP) is 2.11. The maximum Gasteiger partial charge on any atom is 0.0794 e. The lowest BCUT2D eigenvalue weighted by atomic mass is 10.1. The van der Waals surface area contributed by atoms with Gasteiger partial charge in [-0.3, -0.25) is 4.98 Å². The second kappa shape index (κ2) is 6.33. The molecule has 0 spiro atoms. The number of hydrogen-bond acceptors (Lipinski definition) is 4. The molecule has 0 amide bonds. The molecule has 1 aliphatic heterocycles. The van der Waals surface area contributed by atoms with Crippen molar-refractivity contribution in [2.24, 2.45) is 0 Å². The lowest BCUT2D eigenvalue weighted by molar-refractivity contribution is 0.209. The zero-order chi connectivity index (χ0) is 11.2. The summed E-state index contributed by atoms with van der Waals surface area (Å²) in [6.45, 7) is 6.98. The first-order valence-electron chi connectivity index (χ1n) is 6.17. The van der Waals surface area contributed by atoms with Gasteiger partial charge in [-0.05, 0) is 32.9 Å². The first-order chi connectivity index (χ1) is 7.84. The van der Waals surface area contributed by atoms with Gasteiger partial charge in [-0.15, -0.1) is 11.3 Å². The molecule has 0 saturated carbocycles. The predicted molar refractivity (Wildman–Crippen MR) is 68.7 cm³/mol. The molecule has 1 atom stereocenters. The van der Waals surface area contributed by atoms with Gasteiger partial charge in [0.25, 0.3) is 0 Å². The van der Waals surface area contributed by atoms with Gasteiger partial charge in [0, 0.05) is 30.2 Å². The average molecular weight is 239 g/mol. The quantitative estimate of drug-likeness (QED) is 0.853. The molecule has 1 N–H and O–H groups in total. The summed E-state index contributed by atoms with van der Waals surface area (Å²) in [5, 5.41) is 3.56. The van der Waals surface area contributed by atoms with Crippen molar-refractivity contribution < 1.29 is 0 Å². The van der Waals surface area contributed by atoms with E-state index in [1.54, 1.807) is 11.3 Å². The van der Waals surface area contributed by atoms with Crippen molar-refractivity contribution in [3.8, 4) is 0 Å². The highest BCUT2D eigenvalue weighted by Gasteiger charge is 2.12. The molecule has 90 valence electrons. The third kappa shape index (κ3) is 3.85. The highest BCUT2D eigenvalue weighted by molar-refractivity contribution is 7.09. The molecule has 1 saturated heterocycles. The molecule has 0 radical (unpaired) electrons. The summed E-state index contributed by atoms with van der Waals surface area (Å²) in [5.74, 6) is 0. The Hall–Kier alpha value is -0.450. The Morgan fingerprint density at radius 1 is 1.44 bits per heavy atom. The van der Waals surface area contributed by atoms with Crippen LogP contribution in [-0.2, 0) is 6.54 Å². The molecule has 1 aromatic heterocycles. The molecule has 2 heterocycles. The molecule has 0 aliphatic carbocycles. The van der Waals surface area contributed by atoms with Gasteiger partial charge in [-0.25, -0.2) is 0 Å². The number of piperidine rings is 1. The first-order valence-corrected chi connectivity index (χ1v) is 7.05. The van der Waals surface area contributed by atoms with Crippen LogP contribution in [-0.4, -0.2) is 35.6 Å². The van der Waals surface area contributed by atoms with Crippen LogP contribution in [0.3, 0.4) is 0 Å². The Balaban J connectivity index is 1.65. The molecule has 1 aromatic rings. The molecule has 1 unspecified atom stereocenters. The van der Waals surface area contributed by atoms with Gasteiger partial charge in [0.1, 0.15) is 0 Å². The number of likely N-dealkylation sites (tertiary alicyclic amines) is 1. The SMILES string of the molecule is CC(CN1CCCCC1)NCc1cncs1. The molecule has 0 aromatic carbocycles. The van der Waals surface area contributed by atoms with E-state index in [1.807, 2.05) is 11.7 Å². The van der Waals surface area contributed by atoms with E-state index < -0.39 is 0 Å². The van der Waals surface area contributed by atoms with Crippen LogP contribution >= 0.6 is 11.3 Å². The Kier molecular flexibility index (Phi) is 4.75. The minimum Gasteiger partial charge on any atom is -0.308 e. The molecule has 3 nitrogen and oxygen atoms in total. The Labute approximate surface area is 102 Å². The summed E-state index contributed by atoms with van der Waals surface area (Å²) >= 11 is 1.72. The summed E-state index contributed by atoms with van der Waals surface area (Å²) in [6, 6.07) is 0.570. The highest BCUT2D eigenvalue weighted by Crippen LogP contribution is 2.09. The minimum absolute atomic E-state index is 0.570. The maximum absolute atomic E-state index is 4.08. The number of nitrogens with zero attached hydrogens (tertiary/aromatic N) is 2. The summed E-state index contributed by atoms with van der Waals surface area (Å²) < 4.78 is 0. The summed E-state index contributed by atoms with van der Waals surface area (Å²) in [7, 11) is 0. The van der Waals surface area contributed by atoms with Gasteiger partial charge in [-0.1, -0.05) is 6.42 Å². The van der Waals surface area contributed by atoms with Gasteiger partial charge < -0.3 is 10.2 Å². The van der Waals surface area contributed by atoms with E-state index in [4.69, 9.17) is 0 Å². The average Bonchev–Trinajstić information content (AvgIpc) is 2.81. The normalized spacial score (nSPS) is 19.8. The summed E-state index contributed by atoms with van der Waals surface area (Å²) in [5.41, 5.74) is 1.90. The van der Waals surface area contributed by atoms with Crippen LogP contribution < -0.4 is 5.32 Å². The van der Waals surface area contributed by atoms with Crippen LogP contribution in [0.2, 0.25) is 0 Å². The number of thiazole rings is 1. The van der Waals surface area contributed by atoms with E-state index in [9.17, 15) is 0 Å². The fraction of sp³-hybridized carbons (Fsp3) is 0.750. The van der Waals surface area contributed by atoms with Gasteiger partial charge in [0.2, 0.25) is 0 Å². The Morgan fingerprint density at radius 3 is 2.94 bits per heavy atom. The van der Waals surface area contributed by atoms with Gasteiger partial charge >= 0.3 is 0 Å². The van der Waals surface area contributed by atoms with Crippen molar-refractivity contribution in [1.29, 1.82) is 0 Å². The van der Waals surface area contributed by atoms with E-state index >= 15 is 0 Å². The molecule has 1 fully saturated rings. The van der Waals surface area contributed by atoms with Gasteiger partial charge in [0.15, 0.2) is 0 Å². The molecule has 4 heteroatoms. The summed E-state index contributed by atoms with van der Waals surface area (Å²) in [4.78, 5) is 7.99. The van der Waals surface area contributed by atoms with E-state index in [0.717, 1.165) is 6.54 Å². The van der Waals surface area contributed by atoms with Crippen LogP contribution in [0.15, 0.2) is 11.7 Å². The lowest BCUT2D eigenvalue weighted by Gasteiger charge is -2.29. The van der Waals surface area contributed by atoms with Gasteiger partial charge in [-0.2, -0.15) is 0 Å². The van der Waals surface area contributed by atoms with Crippen molar-refractivity contribution in [2.45, 2.75) is 38.8 Å². The van der Waals surface area contributed by atoms with Crippen LogP contribution in [0.5, 0.6) is 0 Å². The molecule has 1 aliphatic rings. The molecule has 2 rings (SSSR count). The molecular formula is C12H21N3S. The van der Waals surface area contributed by atoms with Crippen molar-refractivity contribution in [3.63, 3.8) is 0 Å². The van der Waals surface area contributed by atoms with Crippen molar-refractivity contribution in [1.82, 2.24) is 15.2 Å². The largest absolute Gasteiger partial charge is 0.308 e. The number of hydrogen-bond donors (Lipinski definition) is 1. The van der Waals surface area contributed by atoms with E-state index in [-0.39, 0.29) is 0 Å². The molecular weight excluding hydrogens is 218 g/mol. The van der Waals surface area contributed by atoms with Crippen molar-refractivity contribution in [2.75, 3.05) is 19.6 Å². The second-order valence-electron chi connectivity index (χ2n) is 4.61. The van der Waals surface area contributed by atoms with E-state index in [0.29, 0.717) is 6.04 Å². The number of rotatable bonds is 5. The smallest absolute Gasteiger partial charge is 0.0794 e.